The minimum Gasteiger partial charge on any atom is -0.419 e. The van der Waals surface area contributed by atoms with Gasteiger partial charge in [0.1, 0.15) is 0 Å². The van der Waals surface area contributed by atoms with E-state index in [0.29, 0.717) is 5.56 Å². The molecule has 0 bridgehead atoms. The predicted octanol–water partition coefficient (Wildman–Crippen LogP) is 1.83. The summed E-state index contributed by atoms with van der Waals surface area (Å²) in [6.07, 6.45) is 0. The first kappa shape index (κ1) is 10.2. The van der Waals surface area contributed by atoms with Crippen molar-refractivity contribution in [1.82, 2.24) is 0 Å². The largest absolute Gasteiger partial charge is 0.419 e. The maximum Gasteiger partial charge on any atom is 0.311 e. The minimum atomic E-state index is -0.578. The Labute approximate surface area is 80.5 Å². The van der Waals surface area contributed by atoms with Crippen molar-refractivity contribution in [3.63, 3.8) is 0 Å². The number of rotatable bonds is 2. The van der Waals surface area contributed by atoms with Gasteiger partial charge in [0.05, 0.1) is 4.92 Å². The lowest BCUT2D eigenvalue weighted by Gasteiger charge is -2.04. The maximum atomic E-state index is 10.7. The van der Waals surface area contributed by atoms with Crippen LogP contribution in [0.4, 0.5) is 5.69 Å². The van der Waals surface area contributed by atoms with Gasteiger partial charge in [-0.2, -0.15) is 0 Å². The summed E-state index contributed by atoms with van der Waals surface area (Å²) in [5, 5.41) is 10.6. The summed E-state index contributed by atoms with van der Waals surface area (Å²) in [5.41, 5.74) is 0.370. The van der Waals surface area contributed by atoms with Crippen LogP contribution in [-0.4, -0.2) is 10.9 Å². The zero-order valence-corrected chi connectivity index (χ0v) is 7.81. The number of hydrogen-bond acceptors (Lipinski definition) is 4. The summed E-state index contributed by atoms with van der Waals surface area (Å²) >= 11 is 0. The molecule has 74 valence electrons. The van der Waals surface area contributed by atoms with Gasteiger partial charge in [-0.25, -0.2) is 0 Å². The fourth-order valence-electron chi connectivity index (χ4n) is 1.06. The second kappa shape index (κ2) is 3.87. The second-order valence-electron chi connectivity index (χ2n) is 2.77. The number of para-hydroxylation sites is 1. The Hall–Kier alpha value is -1.91. The SMILES string of the molecule is CC(=O)Oc1c(C)cccc1[N+](=O)[O-]. The van der Waals surface area contributed by atoms with Crippen LogP contribution in [0.1, 0.15) is 12.5 Å². The van der Waals surface area contributed by atoms with Gasteiger partial charge >= 0.3 is 11.7 Å². The lowest BCUT2D eigenvalue weighted by atomic mass is 10.2. The number of ether oxygens (including phenoxy) is 1. The van der Waals surface area contributed by atoms with Crippen molar-refractivity contribution in [2.75, 3.05) is 0 Å². The third kappa shape index (κ3) is 2.07. The summed E-state index contributed by atoms with van der Waals surface area (Å²) in [4.78, 5) is 20.7. The standard InChI is InChI=1S/C9H9NO4/c1-6-4-3-5-8(10(12)13)9(6)14-7(2)11/h3-5H,1-2H3. The zero-order chi connectivity index (χ0) is 10.7. The number of nitrogens with zero attached hydrogens (tertiary/aromatic N) is 1. The summed E-state index contributed by atoms with van der Waals surface area (Å²) < 4.78 is 4.76. The van der Waals surface area contributed by atoms with Crippen LogP contribution in [-0.2, 0) is 4.79 Å². The zero-order valence-electron chi connectivity index (χ0n) is 7.81. The number of esters is 1. The molecule has 1 rings (SSSR count). The molecule has 0 radical (unpaired) electrons. The molecule has 1 aromatic rings. The van der Waals surface area contributed by atoms with Crippen LogP contribution in [0, 0.1) is 17.0 Å². The van der Waals surface area contributed by atoms with E-state index in [-0.39, 0.29) is 11.4 Å². The van der Waals surface area contributed by atoms with Crippen molar-refractivity contribution in [2.45, 2.75) is 13.8 Å². The number of nitro groups is 1. The molecule has 0 atom stereocenters. The van der Waals surface area contributed by atoms with Gasteiger partial charge in [0.2, 0.25) is 5.75 Å². The Bertz CT molecular complexity index is 386. The highest BCUT2D eigenvalue weighted by Crippen LogP contribution is 2.30. The first-order chi connectivity index (χ1) is 6.52. The molecular weight excluding hydrogens is 186 g/mol. The van der Waals surface area contributed by atoms with Gasteiger partial charge in [-0.1, -0.05) is 12.1 Å². The highest BCUT2D eigenvalue weighted by Gasteiger charge is 2.18. The molecule has 0 aliphatic carbocycles. The van der Waals surface area contributed by atoms with Gasteiger partial charge in [-0.3, -0.25) is 14.9 Å². The number of carbonyl (C=O) groups excluding carboxylic acids is 1. The molecule has 0 heterocycles. The second-order valence-corrected chi connectivity index (χ2v) is 2.77. The van der Waals surface area contributed by atoms with E-state index in [2.05, 4.69) is 0 Å². The van der Waals surface area contributed by atoms with Gasteiger partial charge < -0.3 is 4.74 Å². The molecule has 0 amide bonds. The number of aryl methyl sites for hydroxylation is 1. The highest BCUT2D eigenvalue weighted by atomic mass is 16.6. The van der Waals surface area contributed by atoms with Crippen molar-refractivity contribution >= 4 is 11.7 Å². The van der Waals surface area contributed by atoms with Crippen molar-refractivity contribution in [3.05, 3.63) is 33.9 Å². The topological polar surface area (TPSA) is 69.4 Å². The van der Waals surface area contributed by atoms with Crippen LogP contribution in [0.25, 0.3) is 0 Å². The fraction of sp³-hybridized carbons (Fsp3) is 0.222. The van der Waals surface area contributed by atoms with Gasteiger partial charge in [-0.15, -0.1) is 0 Å². The highest BCUT2D eigenvalue weighted by molar-refractivity contribution is 5.72. The number of carbonyl (C=O) groups is 1. The molecule has 0 saturated heterocycles. The molecule has 0 N–H and O–H groups in total. The van der Waals surface area contributed by atoms with Crippen LogP contribution in [0.15, 0.2) is 18.2 Å². The van der Waals surface area contributed by atoms with Crippen molar-refractivity contribution < 1.29 is 14.5 Å². The van der Waals surface area contributed by atoms with Gasteiger partial charge in [-0.05, 0) is 12.5 Å². The van der Waals surface area contributed by atoms with Crippen molar-refractivity contribution in [1.29, 1.82) is 0 Å². The van der Waals surface area contributed by atoms with E-state index in [1.165, 1.54) is 13.0 Å². The van der Waals surface area contributed by atoms with Gasteiger partial charge in [0.25, 0.3) is 0 Å². The first-order valence-electron chi connectivity index (χ1n) is 3.95. The number of hydrogen-bond donors (Lipinski definition) is 0. The molecule has 0 fully saturated rings. The van der Waals surface area contributed by atoms with Gasteiger partial charge in [0, 0.05) is 13.0 Å². The summed E-state index contributed by atoms with van der Waals surface area (Å²) in [6.45, 7) is 2.85. The van der Waals surface area contributed by atoms with E-state index in [9.17, 15) is 14.9 Å². The summed E-state index contributed by atoms with van der Waals surface area (Å²) in [5.74, 6) is -0.549. The third-order valence-electron chi connectivity index (χ3n) is 1.63. The van der Waals surface area contributed by atoms with Crippen molar-refractivity contribution in [3.8, 4) is 5.75 Å². The summed E-state index contributed by atoms with van der Waals surface area (Å²) in [6, 6.07) is 4.48. The first-order valence-corrected chi connectivity index (χ1v) is 3.95. The molecule has 0 spiro atoms. The van der Waals surface area contributed by atoms with E-state index in [1.54, 1.807) is 19.1 Å². The van der Waals surface area contributed by atoms with Crippen LogP contribution in [0.2, 0.25) is 0 Å². The van der Waals surface area contributed by atoms with Crippen LogP contribution >= 0.6 is 0 Å². The Kier molecular flexibility index (Phi) is 2.81. The van der Waals surface area contributed by atoms with Crippen molar-refractivity contribution in [2.24, 2.45) is 0 Å². The quantitative estimate of drug-likeness (QED) is 0.312. The molecule has 0 unspecified atom stereocenters. The van der Waals surface area contributed by atoms with Crippen LogP contribution < -0.4 is 4.74 Å². The predicted molar refractivity (Wildman–Crippen MR) is 49.1 cm³/mol. The van der Waals surface area contributed by atoms with E-state index in [0.717, 1.165) is 0 Å². The Morgan fingerprint density at radius 2 is 2.14 bits per heavy atom. The molecule has 5 nitrogen and oxygen atoms in total. The average Bonchev–Trinajstić information content (AvgIpc) is 2.07. The number of nitro benzene ring substituents is 1. The molecule has 5 heteroatoms. The molecule has 0 aliphatic rings. The third-order valence-corrected chi connectivity index (χ3v) is 1.63. The Balaban J connectivity index is 3.22. The minimum absolute atomic E-state index is 0.0185. The number of benzene rings is 1. The molecule has 0 aromatic heterocycles. The molecule has 14 heavy (non-hydrogen) atoms. The molecule has 1 aromatic carbocycles. The lowest BCUT2D eigenvalue weighted by molar-refractivity contribution is -0.385. The Morgan fingerprint density at radius 3 is 2.64 bits per heavy atom. The maximum absolute atomic E-state index is 10.7. The van der Waals surface area contributed by atoms with Crippen LogP contribution in [0.5, 0.6) is 5.75 Å². The van der Waals surface area contributed by atoms with E-state index < -0.39 is 10.9 Å². The smallest absolute Gasteiger partial charge is 0.311 e. The molecule has 0 aliphatic heterocycles. The molecular formula is C9H9NO4. The normalized spacial score (nSPS) is 9.57. The summed E-state index contributed by atoms with van der Waals surface area (Å²) in [7, 11) is 0. The van der Waals surface area contributed by atoms with E-state index in [4.69, 9.17) is 4.74 Å². The fourth-order valence-corrected chi connectivity index (χ4v) is 1.06. The molecule has 0 saturated carbocycles. The lowest BCUT2D eigenvalue weighted by Crippen LogP contribution is -2.05. The van der Waals surface area contributed by atoms with E-state index >= 15 is 0 Å². The Morgan fingerprint density at radius 1 is 1.50 bits per heavy atom. The average molecular weight is 195 g/mol. The van der Waals surface area contributed by atoms with Crippen LogP contribution in [0.3, 0.4) is 0 Å². The van der Waals surface area contributed by atoms with E-state index in [1.807, 2.05) is 0 Å². The monoisotopic (exact) mass is 195 g/mol. The van der Waals surface area contributed by atoms with Gasteiger partial charge in [0.15, 0.2) is 0 Å².